The Bertz CT molecular complexity index is 489. The molecule has 0 fully saturated rings. The molecule has 4 N–H and O–H groups in total. The second kappa shape index (κ2) is 19.5. The number of carbonyl (C=O) groups excluding carboxylic acids is 2. The predicted molar refractivity (Wildman–Crippen MR) is 118 cm³/mol. The monoisotopic (exact) mass is 410 g/mol. The standard InChI is InChI=1S/C23H42N2O4/c1-2-3-4-5-6-7-8-9-10-11-12-13-14-15-16-17-18-20(22(27)28)19-21(26)25-23(24)29/h19H,2-18H2,1H3,(H,27,28)(H3,24,25,26,29). The zero-order valence-electron chi connectivity index (χ0n) is 18.3. The zero-order chi connectivity index (χ0) is 21.7. The molecule has 0 spiro atoms. The summed E-state index contributed by atoms with van der Waals surface area (Å²) in [6, 6.07) is -0.988. The van der Waals surface area contributed by atoms with Crippen LogP contribution >= 0.6 is 0 Å². The van der Waals surface area contributed by atoms with Crippen molar-refractivity contribution in [3.05, 3.63) is 11.6 Å². The summed E-state index contributed by atoms with van der Waals surface area (Å²) in [6.07, 6.45) is 21.4. The average molecular weight is 411 g/mol. The van der Waals surface area contributed by atoms with Crippen molar-refractivity contribution in [1.82, 2.24) is 5.32 Å². The van der Waals surface area contributed by atoms with Gasteiger partial charge in [0.05, 0.1) is 0 Å². The van der Waals surface area contributed by atoms with Gasteiger partial charge in [0, 0.05) is 11.6 Å². The molecule has 0 bridgehead atoms. The molecule has 0 atom stereocenters. The van der Waals surface area contributed by atoms with Gasteiger partial charge >= 0.3 is 12.0 Å². The number of imide groups is 1. The quantitative estimate of drug-likeness (QED) is 0.183. The number of nitrogens with two attached hydrogens (primary N) is 1. The molecule has 0 unspecified atom stereocenters. The van der Waals surface area contributed by atoms with Crippen molar-refractivity contribution < 1.29 is 19.5 Å². The summed E-state index contributed by atoms with van der Waals surface area (Å²) in [4.78, 5) is 33.1. The van der Waals surface area contributed by atoms with Crippen LogP contribution in [0.3, 0.4) is 0 Å². The third kappa shape index (κ3) is 19.2. The Morgan fingerprint density at radius 1 is 0.724 bits per heavy atom. The zero-order valence-corrected chi connectivity index (χ0v) is 18.3. The molecule has 0 aliphatic carbocycles. The van der Waals surface area contributed by atoms with Crippen LogP contribution < -0.4 is 11.1 Å². The van der Waals surface area contributed by atoms with E-state index in [1.807, 2.05) is 5.32 Å². The summed E-state index contributed by atoms with van der Waals surface area (Å²) in [7, 11) is 0. The molecule has 0 saturated carbocycles. The van der Waals surface area contributed by atoms with Crippen molar-refractivity contribution >= 4 is 17.9 Å². The summed E-state index contributed by atoms with van der Waals surface area (Å²) in [5.74, 6) is -1.92. The fraction of sp³-hybridized carbons (Fsp3) is 0.783. The van der Waals surface area contributed by atoms with Crippen LogP contribution in [0.4, 0.5) is 4.79 Å². The van der Waals surface area contributed by atoms with Gasteiger partial charge < -0.3 is 10.8 Å². The van der Waals surface area contributed by atoms with Gasteiger partial charge in [-0.15, -0.1) is 0 Å². The average Bonchev–Trinajstić information content (AvgIpc) is 2.66. The number of nitrogens with one attached hydrogen (secondary N) is 1. The smallest absolute Gasteiger partial charge is 0.331 e. The molecule has 0 rings (SSSR count). The highest BCUT2D eigenvalue weighted by atomic mass is 16.4. The van der Waals surface area contributed by atoms with Crippen molar-refractivity contribution in [2.75, 3.05) is 0 Å². The van der Waals surface area contributed by atoms with E-state index in [1.54, 1.807) is 0 Å². The molecule has 0 radical (unpaired) electrons. The lowest BCUT2D eigenvalue weighted by Gasteiger charge is -2.04. The number of carbonyl (C=O) groups is 3. The van der Waals surface area contributed by atoms with Crippen LogP contribution in [0, 0.1) is 0 Å². The molecule has 6 nitrogen and oxygen atoms in total. The number of carboxylic acid groups (broad SMARTS) is 1. The summed E-state index contributed by atoms with van der Waals surface area (Å²) in [5.41, 5.74) is 4.85. The van der Waals surface area contributed by atoms with Crippen LogP contribution in [0.2, 0.25) is 0 Å². The molecular weight excluding hydrogens is 368 g/mol. The van der Waals surface area contributed by atoms with E-state index in [4.69, 9.17) is 10.8 Å². The van der Waals surface area contributed by atoms with Crippen LogP contribution in [-0.2, 0) is 9.59 Å². The van der Waals surface area contributed by atoms with Gasteiger partial charge in [-0.2, -0.15) is 0 Å². The summed E-state index contributed by atoms with van der Waals surface area (Å²) >= 11 is 0. The first kappa shape index (κ1) is 27.1. The minimum Gasteiger partial charge on any atom is -0.478 e. The van der Waals surface area contributed by atoms with E-state index in [9.17, 15) is 14.4 Å². The first-order valence-corrected chi connectivity index (χ1v) is 11.5. The van der Waals surface area contributed by atoms with Gasteiger partial charge in [-0.3, -0.25) is 10.1 Å². The topological polar surface area (TPSA) is 109 Å². The number of amides is 3. The van der Waals surface area contributed by atoms with E-state index >= 15 is 0 Å². The largest absolute Gasteiger partial charge is 0.478 e. The van der Waals surface area contributed by atoms with E-state index in [0.717, 1.165) is 25.3 Å². The van der Waals surface area contributed by atoms with Gasteiger partial charge in [0.1, 0.15) is 0 Å². The molecule has 0 heterocycles. The Kier molecular flexibility index (Phi) is 18.2. The van der Waals surface area contributed by atoms with E-state index in [-0.39, 0.29) is 5.57 Å². The van der Waals surface area contributed by atoms with Crippen molar-refractivity contribution in [3.63, 3.8) is 0 Å². The van der Waals surface area contributed by atoms with Gasteiger partial charge in [0.25, 0.3) is 5.91 Å². The molecular formula is C23H42N2O4. The van der Waals surface area contributed by atoms with Crippen LogP contribution in [0.5, 0.6) is 0 Å². The highest BCUT2D eigenvalue weighted by Crippen LogP contribution is 2.15. The minimum atomic E-state index is -1.13. The van der Waals surface area contributed by atoms with E-state index < -0.39 is 17.9 Å². The van der Waals surface area contributed by atoms with Gasteiger partial charge in [-0.25, -0.2) is 9.59 Å². The van der Waals surface area contributed by atoms with E-state index in [2.05, 4.69) is 6.92 Å². The summed E-state index contributed by atoms with van der Waals surface area (Å²) < 4.78 is 0. The second-order valence-electron chi connectivity index (χ2n) is 7.88. The SMILES string of the molecule is CCCCCCCCCCCCCCCCCCC(=CC(=O)NC(N)=O)C(=O)O. The Hall–Kier alpha value is -1.85. The third-order valence-corrected chi connectivity index (χ3v) is 5.13. The highest BCUT2D eigenvalue weighted by molar-refractivity contribution is 6.03. The Balaban J connectivity index is 3.53. The second-order valence-corrected chi connectivity index (χ2v) is 7.88. The van der Waals surface area contributed by atoms with Gasteiger partial charge in [-0.1, -0.05) is 103 Å². The van der Waals surface area contributed by atoms with Gasteiger partial charge in [-0.05, 0) is 12.8 Å². The molecule has 29 heavy (non-hydrogen) atoms. The van der Waals surface area contributed by atoms with E-state index in [1.165, 1.54) is 83.5 Å². The Morgan fingerprint density at radius 3 is 1.45 bits per heavy atom. The molecule has 6 heteroatoms. The number of hydrogen-bond acceptors (Lipinski definition) is 3. The molecule has 0 aromatic carbocycles. The lowest BCUT2D eigenvalue weighted by atomic mass is 10.0. The Labute approximate surface area is 176 Å². The first-order chi connectivity index (χ1) is 14.0. The molecule has 0 aromatic rings. The fourth-order valence-electron chi connectivity index (χ4n) is 3.42. The lowest BCUT2D eigenvalue weighted by Crippen LogP contribution is -2.34. The predicted octanol–water partition coefficient (Wildman–Crippen LogP) is 5.84. The third-order valence-electron chi connectivity index (χ3n) is 5.13. The number of aliphatic carboxylic acids is 1. The maximum Gasteiger partial charge on any atom is 0.331 e. The van der Waals surface area contributed by atoms with Crippen molar-refractivity contribution in [2.45, 2.75) is 116 Å². The number of unbranched alkanes of at least 4 members (excludes halogenated alkanes) is 15. The number of carboxylic acids is 1. The minimum absolute atomic E-state index is 0.00844. The van der Waals surface area contributed by atoms with Crippen molar-refractivity contribution in [1.29, 1.82) is 0 Å². The van der Waals surface area contributed by atoms with Gasteiger partial charge in [0.15, 0.2) is 0 Å². The molecule has 3 amide bonds. The fourth-order valence-corrected chi connectivity index (χ4v) is 3.42. The van der Waals surface area contributed by atoms with Gasteiger partial charge in [0.2, 0.25) is 0 Å². The number of urea groups is 1. The van der Waals surface area contributed by atoms with Crippen LogP contribution in [-0.4, -0.2) is 23.0 Å². The Morgan fingerprint density at radius 2 is 1.10 bits per heavy atom. The molecule has 0 aliphatic heterocycles. The van der Waals surface area contributed by atoms with E-state index in [0.29, 0.717) is 6.42 Å². The molecule has 0 aliphatic rings. The molecule has 168 valence electrons. The molecule has 0 saturated heterocycles. The first-order valence-electron chi connectivity index (χ1n) is 11.5. The number of rotatable bonds is 19. The molecule has 0 aromatic heterocycles. The number of primary amides is 1. The number of hydrogen-bond donors (Lipinski definition) is 3. The maximum atomic E-state index is 11.4. The van der Waals surface area contributed by atoms with Crippen molar-refractivity contribution in [3.8, 4) is 0 Å². The summed E-state index contributed by atoms with van der Waals surface area (Å²) in [6.45, 7) is 2.25. The van der Waals surface area contributed by atoms with Crippen LogP contribution in [0.25, 0.3) is 0 Å². The lowest BCUT2D eigenvalue weighted by molar-refractivity contribution is -0.133. The maximum absolute atomic E-state index is 11.4. The normalized spacial score (nSPS) is 11.4. The highest BCUT2D eigenvalue weighted by Gasteiger charge is 2.10. The van der Waals surface area contributed by atoms with Crippen LogP contribution in [0.1, 0.15) is 116 Å². The summed E-state index contributed by atoms with van der Waals surface area (Å²) in [5, 5.41) is 11.0. The van der Waals surface area contributed by atoms with Crippen molar-refractivity contribution in [2.24, 2.45) is 5.73 Å². The van der Waals surface area contributed by atoms with Crippen LogP contribution in [0.15, 0.2) is 11.6 Å².